The fourth-order valence-corrected chi connectivity index (χ4v) is 0.583. The van der Waals surface area contributed by atoms with Crippen LogP contribution in [0.15, 0.2) is 12.2 Å². The summed E-state index contributed by atoms with van der Waals surface area (Å²) < 4.78 is 8.98. The van der Waals surface area contributed by atoms with Crippen LogP contribution in [0.5, 0.6) is 0 Å². The van der Waals surface area contributed by atoms with Crippen molar-refractivity contribution in [2.45, 2.75) is 26.6 Å². The molecule has 80 valence electrons. The van der Waals surface area contributed by atoms with E-state index >= 15 is 0 Å². The summed E-state index contributed by atoms with van der Waals surface area (Å²) in [5.74, 6) is -1.39. The molecule has 1 atom stereocenters. The molecule has 5 heteroatoms. The summed E-state index contributed by atoms with van der Waals surface area (Å²) in [6, 6.07) is 0. The molecule has 0 bridgehead atoms. The molecule has 0 saturated heterocycles. The Kier molecular flexibility index (Phi) is 6.39. The van der Waals surface area contributed by atoms with Crippen molar-refractivity contribution in [3.8, 4) is 0 Å². The Bertz CT molecular complexity index is 221. The number of aliphatic hydroxyl groups excluding tert-OH is 1. The van der Waals surface area contributed by atoms with Crippen molar-refractivity contribution >= 4 is 11.9 Å². The number of carbonyl (C=O) groups excluding carboxylic acids is 2. The van der Waals surface area contributed by atoms with E-state index in [1.807, 2.05) is 0 Å². The van der Waals surface area contributed by atoms with Crippen LogP contribution in [0.3, 0.4) is 0 Å². The second-order valence-electron chi connectivity index (χ2n) is 2.39. The first-order chi connectivity index (χ1) is 6.60. The Labute approximate surface area is 82.3 Å². The highest BCUT2D eigenvalue weighted by Crippen LogP contribution is 1.94. The van der Waals surface area contributed by atoms with E-state index in [0.29, 0.717) is 6.42 Å². The van der Waals surface area contributed by atoms with Gasteiger partial charge in [-0.3, -0.25) is 0 Å². The largest absolute Gasteiger partial charge is 0.463 e. The van der Waals surface area contributed by atoms with E-state index < -0.39 is 18.2 Å². The van der Waals surface area contributed by atoms with Crippen LogP contribution in [0.1, 0.15) is 20.3 Å². The van der Waals surface area contributed by atoms with Gasteiger partial charge in [0.05, 0.1) is 6.61 Å². The molecule has 0 aromatic rings. The highest BCUT2D eigenvalue weighted by Gasteiger charge is 2.05. The first-order valence-corrected chi connectivity index (χ1v) is 4.33. The molecule has 0 aliphatic carbocycles. The lowest BCUT2D eigenvalue weighted by atomic mass is 10.4. The number of ether oxygens (including phenoxy) is 2. The SMILES string of the molecule is CCOC(=O)/C=C\C(=O)OC(O)CC. The van der Waals surface area contributed by atoms with Crippen LogP contribution >= 0.6 is 0 Å². The van der Waals surface area contributed by atoms with E-state index in [1.165, 1.54) is 0 Å². The standard InChI is InChI=1S/C9H14O5/c1-3-7(10)14-9(12)6-5-8(11)13-4-2/h5-7,10H,3-4H2,1-2H3/b6-5-. The monoisotopic (exact) mass is 202 g/mol. The molecule has 0 heterocycles. The zero-order valence-corrected chi connectivity index (χ0v) is 8.23. The third-order valence-corrected chi connectivity index (χ3v) is 1.24. The van der Waals surface area contributed by atoms with E-state index in [9.17, 15) is 9.59 Å². The number of carbonyl (C=O) groups is 2. The van der Waals surface area contributed by atoms with Gasteiger partial charge in [-0.1, -0.05) is 6.92 Å². The number of esters is 2. The molecule has 0 fully saturated rings. The Morgan fingerprint density at radius 2 is 1.86 bits per heavy atom. The van der Waals surface area contributed by atoms with Gasteiger partial charge in [0, 0.05) is 18.6 Å². The normalized spacial score (nSPS) is 12.5. The molecule has 1 unspecified atom stereocenters. The van der Waals surface area contributed by atoms with Crippen LogP contribution in [0.4, 0.5) is 0 Å². The first kappa shape index (κ1) is 12.6. The van der Waals surface area contributed by atoms with Crippen LogP contribution in [-0.2, 0) is 19.1 Å². The Hall–Kier alpha value is -1.36. The zero-order chi connectivity index (χ0) is 11.0. The lowest BCUT2D eigenvalue weighted by molar-refractivity contribution is -0.162. The zero-order valence-electron chi connectivity index (χ0n) is 8.23. The number of hydrogen-bond acceptors (Lipinski definition) is 5. The molecule has 5 nitrogen and oxygen atoms in total. The summed E-state index contributed by atoms with van der Waals surface area (Å²) >= 11 is 0. The number of hydrogen-bond donors (Lipinski definition) is 1. The Morgan fingerprint density at radius 1 is 1.29 bits per heavy atom. The smallest absolute Gasteiger partial charge is 0.333 e. The summed E-state index contributed by atoms with van der Waals surface area (Å²) in [6.07, 6.45) is 1.04. The van der Waals surface area contributed by atoms with Crippen LogP contribution < -0.4 is 0 Å². The summed E-state index contributed by atoms with van der Waals surface area (Å²) in [7, 11) is 0. The second-order valence-corrected chi connectivity index (χ2v) is 2.39. The van der Waals surface area contributed by atoms with Gasteiger partial charge in [0.1, 0.15) is 0 Å². The van der Waals surface area contributed by atoms with Gasteiger partial charge in [-0.15, -0.1) is 0 Å². The van der Waals surface area contributed by atoms with E-state index in [0.717, 1.165) is 12.2 Å². The van der Waals surface area contributed by atoms with Crippen LogP contribution in [0.2, 0.25) is 0 Å². The van der Waals surface area contributed by atoms with Crippen molar-refractivity contribution in [1.82, 2.24) is 0 Å². The number of rotatable bonds is 5. The third kappa shape index (κ3) is 6.19. The van der Waals surface area contributed by atoms with Crippen LogP contribution in [0.25, 0.3) is 0 Å². The van der Waals surface area contributed by atoms with Crippen molar-refractivity contribution in [2.24, 2.45) is 0 Å². The molecule has 0 aliphatic rings. The van der Waals surface area contributed by atoms with Crippen LogP contribution in [-0.4, -0.2) is 29.9 Å². The molecule has 0 aliphatic heterocycles. The Morgan fingerprint density at radius 3 is 2.36 bits per heavy atom. The van der Waals surface area contributed by atoms with Gasteiger partial charge in [0.15, 0.2) is 0 Å². The predicted molar refractivity (Wildman–Crippen MR) is 48.2 cm³/mol. The van der Waals surface area contributed by atoms with Crippen molar-refractivity contribution in [1.29, 1.82) is 0 Å². The molecular weight excluding hydrogens is 188 g/mol. The van der Waals surface area contributed by atoms with Gasteiger partial charge in [0.2, 0.25) is 6.29 Å². The molecule has 0 radical (unpaired) electrons. The van der Waals surface area contributed by atoms with E-state index in [2.05, 4.69) is 9.47 Å². The molecule has 14 heavy (non-hydrogen) atoms. The quantitative estimate of drug-likeness (QED) is 0.396. The minimum absolute atomic E-state index is 0.246. The summed E-state index contributed by atoms with van der Waals surface area (Å²) in [6.45, 7) is 3.56. The van der Waals surface area contributed by atoms with Crippen molar-refractivity contribution in [3.63, 3.8) is 0 Å². The highest BCUT2D eigenvalue weighted by atomic mass is 16.6. The molecular formula is C9H14O5. The fourth-order valence-electron chi connectivity index (χ4n) is 0.583. The van der Waals surface area contributed by atoms with Gasteiger partial charge >= 0.3 is 11.9 Å². The van der Waals surface area contributed by atoms with Gasteiger partial charge in [-0.05, 0) is 6.92 Å². The average Bonchev–Trinajstić information content (AvgIpc) is 2.15. The van der Waals surface area contributed by atoms with Crippen LogP contribution in [0, 0.1) is 0 Å². The van der Waals surface area contributed by atoms with E-state index in [4.69, 9.17) is 5.11 Å². The first-order valence-electron chi connectivity index (χ1n) is 4.33. The molecule has 0 amide bonds. The van der Waals surface area contributed by atoms with Crippen molar-refractivity contribution < 1.29 is 24.2 Å². The molecule has 1 N–H and O–H groups in total. The lowest BCUT2D eigenvalue weighted by Crippen LogP contribution is -2.15. The summed E-state index contributed by atoms with van der Waals surface area (Å²) in [5.41, 5.74) is 0. The van der Waals surface area contributed by atoms with Crippen molar-refractivity contribution in [3.05, 3.63) is 12.2 Å². The highest BCUT2D eigenvalue weighted by molar-refractivity contribution is 5.91. The third-order valence-electron chi connectivity index (χ3n) is 1.24. The minimum Gasteiger partial charge on any atom is -0.463 e. The second kappa shape index (κ2) is 7.08. The van der Waals surface area contributed by atoms with Gasteiger partial charge < -0.3 is 14.6 Å². The maximum absolute atomic E-state index is 10.8. The van der Waals surface area contributed by atoms with Gasteiger partial charge in [0.25, 0.3) is 0 Å². The maximum atomic E-state index is 10.8. The molecule has 0 saturated carbocycles. The average molecular weight is 202 g/mol. The topological polar surface area (TPSA) is 72.8 Å². The molecule has 0 aromatic carbocycles. The maximum Gasteiger partial charge on any atom is 0.333 e. The molecule has 0 spiro atoms. The summed E-state index contributed by atoms with van der Waals surface area (Å²) in [4.78, 5) is 21.6. The predicted octanol–water partition coefficient (Wildman–Crippen LogP) is 0.377. The minimum atomic E-state index is -1.13. The van der Waals surface area contributed by atoms with Gasteiger partial charge in [-0.25, -0.2) is 9.59 Å². The lowest BCUT2D eigenvalue weighted by Gasteiger charge is -2.06. The van der Waals surface area contributed by atoms with E-state index in [-0.39, 0.29) is 6.61 Å². The Balaban J connectivity index is 3.87. The van der Waals surface area contributed by atoms with Crippen molar-refractivity contribution in [2.75, 3.05) is 6.61 Å². The van der Waals surface area contributed by atoms with Gasteiger partial charge in [-0.2, -0.15) is 0 Å². The molecule has 0 aromatic heterocycles. The fraction of sp³-hybridized carbons (Fsp3) is 0.556. The van der Waals surface area contributed by atoms with E-state index in [1.54, 1.807) is 13.8 Å². The summed E-state index contributed by atoms with van der Waals surface area (Å²) in [5, 5.41) is 8.90. The molecule has 0 rings (SSSR count). The number of aliphatic hydroxyl groups is 1.